The normalized spacial score (nSPS) is 11.1. The number of nitriles is 1. The van der Waals surface area contributed by atoms with Crippen LogP contribution in [-0.4, -0.2) is 5.91 Å². The lowest BCUT2D eigenvalue weighted by molar-refractivity contribution is -0.112. The molecule has 0 saturated heterocycles. The number of carbonyl (C=O) groups excluding carboxylic acids is 1. The topological polar surface area (TPSA) is 64.9 Å². The van der Waals surface area contributed by atoms with Crippen molar-refractivity contribution in [1.82, 2.24) is 0 Å². The fourth-order valence-corrected chi connectivity index (χ4v) is 2.39. The van der Waals surface area contributed by atoms with E-state index in [0.717, 1.165) is 5.69 Å². The van der Waals surface area contributed by atoms with E-state index in [-0.39, 0.29) is 5.57 Å². The highest BCUT2D eigenvalue weighted by Gasteiger charge is 2.11. The van der Waals surface area contributed by atoms with E-state index in [1.165, 1.54) is 17.8 Å². The van der Waals surface area contributed by atoms with Crippen LogP contribution in [0.1, 0.15) is 25.3 Å². The van der Waals surface area contributed by atoms with Crippen molar-refractivity contribution in [1.29, 1.82) is 5.26 Å². The molecule has 2 aromatic carbocycles. The number of benzene rings is 2. The molecule has 2 aromatic rings. The van der Waals surface area contributed by atoms with E-state index in [2.05, 4.69) is 24.5 Å². The highest BCUT2D eigenvalue weighted by Crippen LogP contribution is 2.25. The Morgan fingerprint density at radius 3 is 2.44 bits per heavy atom. The lowest BCUT2D eigenvalue weighted by Gasteiger charge is -2.08. The molecule has 0 saturated carbocycles. The van der Waals surface area contributed by atoms with Gasteiger partial charge < -0.3 is 10.6 Å². The smallest absolute Gasteiger partial charge is 0.267 e. The van der Waals surface area contributed by atoms with Crippen LogP contribution in [0.3, 0.4) is 0 Å². The van der Waals surface area contributed by atoms with Gasteiger partial charge in [0.15, 0.2) is 0 Å². The monoisotopic (exact) mass is 373 g/mol. The zero-order valence-corrected chi connectivity index (χ0v) is 15.3. The molecule has 0 heterocycles. The molecule has 25 heavy (non-hydrogen) atoms. The van der Waals surface area contributed by atoms with Crippen molar-refractivity contribution >= 4 is 40.5 Å². The second kappa shape index (κ2) is 8.57. The van der Waals surface area contributed by atoms with Crippen LogP contribution in [0.4, 0.5) is 11.4 Å². The third-order valence-electron chi connectivity index (χ3n) is 3.50. The maximum absolute atomic E-state index is 12.2. The Balaban J connectivity index is 2.10. The standard InChI is InChI=1S/C19H17Cl2N3O/c1-12(2)13-3-6-16(7-4-13)23-11-14(10-22)19(25)24-18-9-15(20)5-8-17(18)21/h3-9,11-12,23H,1-2H3,(H,24,25)/b14-11-. The van der Waals surface area contributed by atoms with Crippen LogP contribution >= 0.6 is 23.2 Å². The molecule has 4 nitrogen and oxygen atoms in total. The summed E-state index contributed by atoms with van der Waals surface area (Å²) in [6.07, 6.45) is 1.36. The molecular formula is C19H17Cl2N3O. The summed E-state index contributed by atoms with van der Waals surface area (Å²) in [6, 6.07) is 14.4. The first-order chi connectivity index (χ1) is 11.9. The minimum atomic E-state index is -0.571. The van der Waals surface area contributed by atoms with Gasteiger partial charge in [0.2, 0.25) is 0 Å². The summed E-state index contributed by atoms with van der Waals surface area (Å²) in [5.74, 6) is -0.134. The molecule has 0 bridgehead atoms. The summed E-state index contributed by atoms with van der Waals surface area (Å²) in [5, 5.41) is 15.5. The first kappa shape index (κ1) is 18.9. The van der Waals surface area contributed by atoms with Gasteiger partial charge in [-0.1, -0.05) is 49.2 Å². The highest BCUT2D eigenvalue weighted by atomic mass is 35.5. The number of carbonyl (C=O) groups is 1. The Labute approximate surface area is 157 Å². The number of nitrogens with zero attached hydrogens (tertiary/aromatic N) is 1. The Morgan fingerprint density at radius 1 is 1.16 bits per heavy atom. The molecule has 1 amide bonds. The quantitative estimate of drug-likeness (QED) is 0.531. The minimum absolute atomic E-state index is 0.0796. The largest absolute Gasteiger partial charge is 0.360 e. The molecule has 0 radical (unpaired) electrons. The van der Waals surface area contributed by atoms with Crippen molar-refractivity contribution in [3.05, 3.63) is 69.8 Å². The number of rotatable bonds is 5. The number of hydrogen-bond donors (Lipinski definition) is 2. The van der Waals surface area contributed by atoms with E-state index in [9.17, 15) is 10.1 Å². The zero-order valence-electron chi connectivity index (χ0n) is 13.8. The van der Waals surface area contributed by atoms with Gasteiger partial charge in [-0.25, -0.2) is 0 Å². The Morgan fingerprint density at radius 2 is 1.84 bits per heavy atom. The zero-order chi connectivity index (χ0) is 18.4. The van der Waals surface area contributed by atoms with Crippen LogP contribution in [0.2, 0.25) is 10.0 Å². The summed E-state index contributed by atoms with van der Waals surface area (Å²) < 4.78 is 0. The number of nitrogens with one attached hydrogen (secondary N) is 2. The van der Waals surface area contributed by atoms with E-state index in [1.807, 2.05) is 30.3 Å². The Hall–Kier alpha value is -2.48. The predicted octanol–water partition coefficient (Wildman–Crippen LogP) is 5.57. The van der Waals surface area contributed by atoms with Crippen LogP contribution in [0.15, 0.2) is 54.2 Å². The number of amides is 1. The SMILES string of the molecule is CC(C)c1ccc(N/C=C(/C#N)C(=O)Nc2cc(Cl)ccc2Cl)cc1. The minimum Gasteiger partial charge on any atom is -0.360 e. The van der Waals surface area contributed by atoms with Crippen LogP contribution in [-0.2, 0) is 4.79 Å². The van der Waals surface area contributed by atoms with Gasteiger partial charge in [-0.05, 0) is 41.8 Å². The van der Waals surface area contributed by atoms with Gasteiger partial charge in [-0.2, -0.15) is 5.26 Å². The molecule has 128 valence electrons. The second-order valence-corrected chi connectivity index (χ2v) is 6.51. The van der Waals surface area contributed by atoms with Gasteiger partial charge in [0.05, 0.1) is 10.7 Å². The van der Waals surface area contributed by atoms with Gasteiger partial charge in [-0.3, -0.25) is 4.79 Å². The lowest BCUT2D eigenvalue weighted by atomic mass is 10.0. The van der Waals surface area contributed by atoms with Gasteiger partial charge in [0, 0.05) is 16.9 Å². The van der Waals surface area contributed by atoms with Gasteiger partial charge in [0.25, 0.3) is 5.91 Å². The fourth-order valence-electron chi connectivity index (χ4n) is 2.05. The first-order valence-electron chi connectivity index (χ1n) is 7.64. The van der Waals surface area contributed by atoms with Crippen molar-refractivity contribution in [3.8, 4) is 6.07 Å². The molecular weight excluding hydrogens is 357 g/mol. The molecule has 2 N–H and O–H groups in total. The molecule has 0 aliphatic carbocycles. The van der Waals surface area contributed by atoms with E-state index >= 15 is 0 Å². The molecule has 0 atom stereocenters. The van der Waals surface area contributed by atoms with Gasteiger partial charge >= 0.3 is 0 Å². The maximum Gasteiger partial charge on any atom is 0.267 e. The number of anilines is 2. The van der Waals surface area contributed by atoms with Crippen LogP contribution in [0, 0.1) is 11.3 Å². The molecule has 0 spiro atoms. The summed E-state index contributed by atoms with van der Waals surface area (Å²) in [5.41, 5.74) is 2.26. The molecule has 0 unspecified atom stereocenters. The second-order valence-electron chi connectivity index (χ2n) is 5.67. The average molecular weight is 374 g/mol. The van der Waals surface area contributed by atoms with Crippen LogP contribution in [0.25, 0.3) is 0 Å². The predicted molar refractivity (Wildman–Crippen MR) is 103 cm³/mol. The molecule has 0 aromatic heterocycles. The average Bonchev–Trinajstić information content (AvgIpc) is 2.59. The molecule has 6 heteroatoms. The van der Waals surface area contributed by atoms with Gasteiger partial charge in [-0.15, -0.1) is 0 Å². The Kier molecular flexibility index (Phi) is 6.46. The highest BCUT2D eigenvalue weighted by molar-refractivity contribution is 6.35. The van der Waals surface area contributed by atoms with Crippen molar-refractivity contribution in [2.45, 2.75) is 19.8 Å². The van der Waals surface area contributed by atoms with Crippen molar-refractivity contribution in [2.75, 3.05) is 10.6 Å². The van der Waals surface area contributed by atoms with Crippen LogP contribution < -0.4 is 10.6 Å². The number of halogens is 2. The third kappa shape index (κ3) is 5.25. The lowest BCUT2D eigenvalue weighted by Crippen LogP contribution is -2.14. The van der Waals surface area contributed by atoms with Crippen molar-refractivity contribution < 1.29 is 4.79 Å². The summed E-state index contributed by atoms with van der Waals surface area (Å²) in [6.45, 7) is 4.23. The van der Waals surface area contributed by atoms with E-state index in [4.69, 9.17) is 23.2 Å². The summed E-state index contributed by atoms with van der Waals surface area (Å²) in [7, 11) is 0. The fraction of sp³-hybridized carbons (Fsp3) is 0.158. The summed E-state index contributed by atoms with van der Waals surface area (Å²) >= 11 is 11.9. The molecule has 2 rings (SSSR count). The molecule has 0 aliphatic heterocycles. The number of hydrogen-bond acceptors (Lipinski definition) is 3. The van der Waals surface area contributed by atoms with Crippen molar-refractivity contribution in [3.63, 3.8) is 0 Å². The maximum atomic E-state index is 12.2. The summed E-state index contributed by atoms with van der Waals surface area (Å²) in [4.78, 5) is 12.2. The van der Waals surface area contributed by atoms with Gasteiger partial charge in [0.1, 0.15) is 11.6 Å². The van der Waals surface area contributed by atoms with E-state index < -0.39 is 5.91 Å². The van der Waals surface area contributed by atoms with E-state index in [0.29, 0.717) is 21.7 Å². The van der Waals surface area contributed by atoms with E-state index in [1.54, 1.807) is 12.1 Å². The van der Waals surface area contributed by atoms with Crippen LogP contribution in [0.5, 0.6) is 0 Å². The molecule has 0 aliphatic rings. The van der Waals surface area contributed by atoms with Crippen molar-refractivity contribution in [2.24, 2.45) is 0 Å². The first-order valence-corrected chi connectivity index (χ1v) is 8.39. The molecule has 0 fully saturated rings. The Bertz CT molecular complexity index is 837. The third-order valence-corrected chi connectivity index (χ3v) is 4.07.